The van der Waals surface area contributed by atoms with Crippen LogP contribution in [-0.2, 0) is 4.79 Å². The lowest BCUT2D eigenvalue weighted by atomic mass is 9.92. The number of amides is 1. The Labute approximate surface area is 93.0 Å². The molecular formula is C12H24N2O. The lowest BCUT2D eigenvalue weighted by molar-refractivity contribution is -0.132. The van der Waals surface area contributed by atoms with Gasteiger partial charge in [-0.15, -0.1) is 0 Å². The zero-order chi connectivity index (χ0) is 11.1. The Bertz CT molecular complexity index is 186. The molecule has 1 fully saturated rings. The molecule has 0 bridgehead atoms. The molecule has 0 aromatic heterocycles. The summed E-state index contributed by atoms with van der Waals surface area (Å²) in [5.74, 6) is 1.16. The smallest absolute Gasteiger partial charge is 0.222 e. The number of piperidine rings is 1. The van der Waals surface area contributed by atoms with E-state index in [4.69, 9.17) is 5.73 Å². The first-order valence-corrected chi connectivity index (χ1v) is 6.25. The number of nitrogens with zero attached hydrogens (tertiary/aromatic N) is 1. The van der Waals surface area contributed by atoms with Gasteiger partial charge in [-0.25, -0.2) is 0 Å². The van der Waals surface area contributed by atoms with Crippen LogP contribution in [0.2, 0.25) is 0 Å². The van der Waals surface area contributed by atoms with Gasteiger partial charge in [-0.3, -0.25) is 4.79 Å². The Hall–Kier alpha value is -0.570. The van der Waals surface area contributed by atoms with Crippen molar-refractivity contribution in [3.63, 3.8) is 0 Å². The van der Waals surface area contributed by atoms with Gasteiger partial charge in [0.1, 0.15) is 0 Å². The van der Waals surface area contributed by atoms with Gasteiger partial charge in [-0.2, -0.15) is 0 Å². The van der Waals surface area contributed by atoms with Gasteiger partial charge >= 0.3 is 0 Å². The Morgan fingerprint density at radius 2 is 2.07 bits per heavy atom. The molecule has 15 heavy (non-hydrogen) atoms. The molecule has 0 radical (unpaired) electrons. The van der Waals surface area contributed by atoms with Crippen LogP contribution in [0, 0.1) is 5.92 Å². The third-order valence-electron chi connectivity index (χ3n) is 3.26. The van der Waals surface area contributed by atoms with Crippen LogP contribution in [0.4, 0.5) is 0 Å². The van der Waals surface area contributed by atoms with Crippen molar-refractivity contribution in [2.45, 2.75) is 45.4 Å². The van der Waals surface area contributed by atoms with Crippen molar-refractivity contribution in [2.24, 2.45) is 11.7 Å². The first-order valence-electron chi connectivity index (χ1n) is 6.25. The normalized spacial score (nSPS) is 18.1. The van der Waals surface area contributed by atoms with Crippen molar-refractivity contribution < 1.29 is 4.79 Å². The highest BCUT2D eigenvalue weighted by molar-refractivity contribution is 5.76. The van der Waals surface area contributed by atoms with E-state index in [9.17, 15) is 4.79 Å². The number of likely N-dealkylation sites (tertiary alicyclic amines) is 1. The molecule has 3 nitrogen and oxygen atoms in total. The van der Waals surface area contributed by atoms with E-state index >= 15 is 0 Å². The summed E-state index contributed by atoms with van der Waals surface area (Å²) in [5, 5.41) is 0. The second kappa shape index (κ2) is 6.83. The van der Waals surface area contributed by atoms with E-state index < -0.39 is 0 Å². The molecule has 0 unspecified atom stereocenters. The van der Waals surface area contributed by atoms with Crippen LogP contribution in [0.1, 0.15) is 45.4 Å². The summed E-state index contributed by atoms with van der Waals surface area (Å²) in [6.45, 7) is 4.79. The van der Waals surface area contributed by atoms with Crippen LogP contribution in [0.3, 0.4) is 0 Å². The minimum atomic E-state index is 0.301. The predicted octanol–water partition coefficient (Wildman–Crippen LogP) is 1.76. The molecule has 1 rings (SSSR count). The van der Waals surface area contributed by atoms with Crippen molar-refractivity contribution in [3.8, 4) is 0 Å². The molecule has 0 spiro atoms. The van der Waals surface area contributed by atoms with Crippen molar-refractivity contribution >= 4 is 5.91 Å². The third-order valence-corrected chi connectivity index (χ3v) is 3.26. The SMILES string of the molecule is CCCC1CCN(C(=O)CCCN)CC1. The summed E-state index contributed by atoms with van der Waals surface area (Å²) in [4.78, 5) is 13.7. The average molecular weight is 212 g/mol. The first-order chi connectivity index (χ1) is 7.27. The number of rotatable bonds is 5. The predicted molar refractivity (Wildman–Crippen MR) is 62.5 cm³/mol. The van der Waals surface area contributed by atoms with Gasteiger partial charge in [-0.1, -0.05) is 19.8 Å². The second-order valence-electron chi connectivity index (χ2n) is 4.51. The average Bonchev–Trinajstić information content (AvgIpc) is 2.27. The monoisotopic (exact) mass is 212 g/mol. The van der Waals surface area contributed by atoms with E-state index in [0.717, 1.165) is 25.4 Å². The van der Waals surface area contributed by atoms with E-state index in [1.807, 2.05) is 4.90 Å². The topological polar surface area (TPSA) is 46.3 Å². The number of hydrogen-bond acceptors (Lipinski definition) is 2. The minimum Gasteiger partial charge on any atom is -0.343 e. The molecule has 0 aromatic carbocycles. The van der Waals surface area contributed by atoms with E-state index in [1.165, 1.54) is 25.7 Å². The Morgan fingerprint density at radius 1 is 1.40 bits per heavy atom. The lowest BCUT2D eigenvalue weighted by Crippen LogP contribution is -2.38. The van der Waals surface area contributed by atoms with Gasteiger partial charge in [0.2, 0.25) is 5.91 Å². The molecule has 1 amide bonds. The molecule has 1 heterocycles. The first kappa shape index (κ1) is 12.5. The van der Waals surface area contributed by atoms with E-state index in [0.29, 0.717) is 18.9 Å². The van der Waals surface area contributed by atoms with Crippen LogP contribution in [-0.4, -0.2) is 30.4 Å². The zero-order valence-corrected chi connectivity index (χ0v) is 9.87. The summed E-state index contributed by atoms with van der Waals surface area (Å²) in [5.41, 5.74) is 5.40. The molecule has 0 aromatic rings. The van der Waals surface area contributed by atoms with Crippen LogP contribution < -0.4 is 5.73 Å². The highest BCUT2D eigenvalue weighted by Crippen LogP contribution is 2.22. The minimum absolute atomic E-state index is 0.301. The van der Waals surface area contributed by atoms with E-state index in [-0.39, 0.29) is 0 Å². The lowest BCUT2D eigenvalue weighted by Gasteiger charge is -2.32. The van der Waals surface area contributed by atoms with Crippen LogP contribution in [0.15, 0.2) is 0 Å². The number of carbonyl (C=O) groups excluding carboxylic acids is 1. The zero-order valence-electron chi connectivity index (χ0n) is 9.87. The molecule has 1 aliphatic rings. The van der Waals surface area contributed by atoms with Crippen molar-refractivity contribution in [1.29, 1.82) is 0 Å². The molecule has 1 saturated heterocycles. The quantitative estimate of drug-likeness (QED) is 0.755. The van der Waals surface area contributed by atoms with Gasteiger partial charge in [-0.05, 0) is 31.7 Å². The largest absolute Gasteiger partial charge is 0.343 e. The molecule has 88 valence electrons. The second-order valence-corrected chi connectivity index (χ2v) is 4.51. The molecule has 1 aliphatic heterocycles. The van der Waals surface area contributed by atoms with Gasteiger partial charge in [0.05, 0.1) is 0 Å². The molecule has 0 saturated carbocycles. The molecule has 3 heteroatoms. The summed E-state index contributed by atoms with van der Waals surface area (Å²) in [6, 6.07) is 0. The number of carbonyl (C=O) groups is 1. The van der Waals surface area contributed by atoms with E-state index in [2.05, 4.69) is 6.92 Å². The summed E-state index contributed by atoms with van der Waals surface area (Å²) < 4.78 is 0. The summed E-state index contributed by atoms with van der Waals surface area (Å²) >= 11 is 0. The van der Waals surface area contributed by atoms with Gasteiger partial charge in [0.15, 0.2) is 0 Å². The Morgan fingerprint density at radius 3 is 2.60 bits per heavy atom. The molecule has 2 N–H and O–H groups in total. The maximum absolute atomic E-state index is 11.7. The molecular weight excluding hydrogens is 188 g/mol. The standard InChI is InChI=1S/C12H24N2O/c1-2-4-11-6-9-14(10-7-11)12(15)5-3-8-13/h11H,2-10,13H2,1H3. The maximum atomic E-state index is 11.7. The van der Waals surface area contributed by atoms with Crippen molar-refractivity contribution in [3.05, 3.63) is 0 Å². The van der Waals surface area contributed by atoms with Gasteiger partial charge in [0, 0.05) is 19.5 Å². The number of nitrogens with two attached hydrogens (primary N) is 1. The van der Waals surface area contributed by atoms with Crippen LogP contribution >= 0.6 is 0 Å². The number of hydrogen-bond donors (Lipinski definition) is 1. The maximum Gasteiger partial charge on any atom is 0.222 e. The van der Waals surface area contributed by atoms with Gasteiger partial charge in [0.25, 0.3) is 0 Å². The Balaban J connectivity index is 2.21. The fraction of sp³-hybridized carbons (Fsp3) is 0.917. The van der Waals surface area contributed by atoms with Crippen LogP contribution in [0.25, 0.3) is 0 Å². The highest BCUT2D eigenvalue weighted by atomic mass is 16.2. The summed E-state index contributed by atoms with van der Waals surface area (Å²) in [6.07, 6.45) is 6.45. The van der Waals surface area contributed by atoms with Crippen LogP contribution in [0.5, 0.6) is 0 Å². The van der Waals surface area contributed by atoms with Gasteiger partial charge < -0.3 is 10.6 Å². The van der Waals surface area contributed by atoms with Crippen molar-refractivity contribution in [1.82, 2.24) is 4.90 Å². The molecule has 0 aliphatic carbocycles. The Kier molecular flexibility index (Phi) is 5.69. The molecule has 0 atom stereocenters. The third kappa shape index (κ3) is 4.20. The summed E-state index contributed by atoms with van der Waals surface area (Å²) in [7, 11) is 0. The highest BCUT2D eigenvalue weighted by Gasteiger charge is 2.21. The van der Waals surface area contributed by atoms with Crippen molar-refractivity contribution in [2.75, 3.05) is 19.6 Å². The fourth-order valence-electron chi connectivity index (χ4n) is 2.29. The van der Waals surface area contributed by atoms with E-state index in [1.54, 1.807) is 0 Å². The fourth-order valence-corrected chi connectivity index (χ4v) is 2.29.